The number of fused-ring (bicyclic) bond motifs is 4. The Hall–Kier alpha value is -1.92. The average Bonchev–Trinajstić information content (AvgIpc) is 2.98. The lowest BCUT2D eigenvalue weighted by molar-refractivity contribution is -0.127. The van der Waals surface area contributed by atoms with Crippen LogP contribution in [0, 0.1) is 11.8 Å². The first-order valence-electron chi connectivity index (χ1n) is 11.2. The van der Waals surface area contributed by atoms with Gasteiger partial charge in [-0.2, -0.15) is 0 Å². The fraction of sp³-hybridized carbons (Fsp3) is 0.652. The number of aliphatic hydroxyl groups excluding tert-OH is 1. The number of nitrogens with one attached hydrogen (secondary N) is 1. The number of allylic oxidation sites excluding steroid dienone is 2. The summed E-state index contributed by atoms with van der Waals surface area (Å²) in [6.45, 7) is 6.06. The lowest BCUT2D eigenvalue weighted by Crippen LogP contribution is -2.46. The van der Waals surface area contributed by atoms with Crippen LogP contribution in [0.15, 0.2) is 23.0 Å². The van der Waals surface area contributed by atoms with Gasteiger partial charge >= 0.3 is 0 Å². The monoisotopic (exact) mass is 399 g/mol. The number of nitrogens with zero attached hydrogens (tertiary/aromatic N) is 2. The molecule has 4 rings (SSSR count). The molecule has 1 amide bonds. The van der Waals surface area contributed by atoms with Crippen LogP contribution in [0.4, 0.5) is 0 Å². The molecular formula is C23H33N3O3. The zero-order valence-corrected chi connectivity index (χ0v) is 17.6. The Labute approximate surface area is 172 Å². The fourth-order valence-electron chi connectivity index (χ4n) is 5.65. The van der Waals surface area contributed by atoms with Crippen LogP contribution in [-0.4, -0.2) is 46.2 Å². The minimum Gasteiger partial charge on any atom is -0.396 e. The van der Waals surface area contributed by atoms with Gasteiger partial charge in [-0.05, 0) is 56.4 Å². The van der Waals surface area contributed by atoms with Gasteiger partial charge in [0.15, 0.2) is 0 Å². The van der Waals surface area contributed by atoms with E-state index in [1.54, 1.807) is 0 Å². The Balaban J connectivity index is 1.77. The second-order valence-corrected chi connectivity index (χ2v) is 8.57. The molecule has 6 nitrogen and oxygen atoms in total. The molecule has 6 heteroatoms. The van der Waals surface area contributed by atoms with E-state index >= 15 is 0 Å². The normalized spacial score (nSPS) is 28.7. The highest BCUT2D eigenvalue weighted by molar-refractivity contribution is 5.80. The van der Waals surface area contributed by atoms with E-state index in [-0.39, 0.29) is 42.0 Å². The first-order valence-corrected chi connectivity index (χ1v) is 11.2. The zero-order valence-electron chi connectivity index (χ0n) is 17.6. The average molecular weight is 400 g/mol. The third-order valence-electron chi connectivity index (χ3n) is 7.02. The van der Waals surface area contributed by atoms with Crippen molar-refractivity contribution in [1.82, 2.24) is 14.8 Å². The molecule has 1 saturated heterocycles. The maximum Gasteiger partial charge on any atom is 0.258 e. The topological polar surface area (TPSA) is 74.6 Å². The molecule has 1 fully saturated rings. The van der Waals surface area contributed by atoms with E-state index in [1.807, 2.05) is 17.6 Å². The SMILES string of the molecule is CCCNC(=O)[C@H]1[C@H](CO)[C@H]2Cn3c(ccc(C4=CCCCC4)c3=O)[C@@H]1N2CC. The van der Waals surface area contributed by atoms with Crippen molar-refractivity contribution in [2.24, 2.45) is 11.8 Å². The number of pyridine rings is 1. The van der Waals surface area contributed by atoms with Crippen molar-refractivity contribution in [2.45, 2.75) is 64.6 Å². The highest BCUT2D eigenvalue weighted by Crippen LogP contribution is 2.48. The number of likely N-dealkylation sites (N-methyl/N-ethyl adjacent to an activating group) is 1. The summed E-state index contributed by atoms with van der Waals surface area (Å²) < 4.78 is 1.89. The lowest BCUT2D eigenvalue weighted by atomic mass is 9.86. The number of hydrogen-bond donors (Lipinski definition) is 2. The molecular weight excluding hydrogens is 366 g/mol. The van der Waals surface area contributed by atoms with Gasteiger partial charge in [-0.15, -0.1) is 0 Å². The molecule has 0 radical (unpaired) electrons. The zero-order chi connectivity index (χ0) is 20.5. The van der Waals surface area contributed by atoms with Gasteiger partial charge in [0.2, 0.25) is 5.91 Å². The van der Waals surface area contributed by atoms with Gasteiger partial charge in [-0.3, -0.25) is 14.5 Å². The van der Waals surface area contributed by atoms with Gasteiger partial charge in [0.25, 0.3) is 5.56 Å². The maximum absolute atomic E-state index is 13.4. The van der Waals surface area contributed by atoms with E-state index in [4.69, 9.17) is 0 Å². The van der Waals surface area contributed by atoms with Crippen molar-refractivity contribution in [2.75, 3.05) is 19.7 Å². The summed E-state index contributed by atoms with van der Waals surface area (Å²) in [6, 6.07) is 3.87. The summed E-state index contributed by atoms with van der Waals surface area (Å²) in [5.41, 5.74) is 2.96. The van der Waals surface area contributed by atoms with Crippen molar-refractivity contribution in [3.05, 3.63) is 39.8 Å². The third-order valence-corrected chi connectivity index (χ3v) is 7.02. The molecule has 4 atom stereocenters. The molecule has 0 saturated carbocycles. The summed E-state index contributed by atoms with van der Waals surface area (Å²) in [7, 11) is 0. The number of amides is 1. The van der Waals surface area contributed by atoms with Crippen molar-refractivity contribution < 1.29 is 9.90 Å². The van der Waals surface area contributed by atoms with Crippen LogP contribution in [0.5, 0.6) is 0 Å². The molecule has 0 unspecified atom stereocenters. The highest BCUT2D eigenvalue weighted by atomic mass is 16.3. The van der Waals surface area contributed by atoms with Crippen molar-refractivity contribution in [1.29, 1.82) is 0 Å². The number of rotatable bonds is 6. The minimum atomic E-state index is -0.329. The van der Waals surface area contributed by atoms with E-state index in [2.05, 4.69) is 29.3 Å². The number of aliphatic hydroxyl groups is 1. The quantitative estimate of drug-likeness (QED) is 0.770. The maximum atomic E-state index is 13.4. The van der Waals surface area contributed by atoms with Gasteiger partial charge in [-0.1, -0.05) is 19.9 Å². The highest BCUT2D eigenvalue weighted by Gasteiger charge is 2.55. The van der Waals surface area contributed by atoms with E-state index in [0.29, 0.717) is 13.1 Å². The summed E-state index contributed by atoms with van der Waals surface area (Å²) in [5.74, 6) is -0.491. The van der Waals surface area contributed by atoms with Crippen LogP contribution >= 0.6 is 0 Å². The lowest BCUT2D eigenvalue weighted by Gasteiger charge is -2.37. The second-order valence-electron chi connectivity index (χ2n) is 8.57. The molecule has 1 aliphatic carbocycles. The molecule has 29 heavy (non-hydrogen) atoms. The van der Waals surface area contributed by atoms with Gasteiger partial charge in [-0.25, -0.2) is 0 Å². The van der Waals surface area contributed by atoms with Crippen LogP contribution in [-0.2, 0) is 11.3 Å². The summed E-state index contributed by atoms with van der Waals surface area (Å²) in [6.07, 6.45) is 7.41. The molecule has 1 aromatic heterocycles. The number of carbonyl (C=O) groups is 1. The molecule has 3 aliphatic rings. The smallest absolute Gasteiger partial charge is 0.258 e. The van der Waals surface area contributed by atoms with E-state index < -0.39 is 0 Å². The Morgan fingerprint density at radius 3 is 2.76 bits per heavy atom. The number of hydrogen-bond acceptors (Lipinski definition) is 4. The van der Waals surface area contributed by atoms with Crippen LogP contribution in [0.2, 0.25) is 0 Å². The van der Waals surface area contributed by atoms with Crippen LogP contribution in [0.1, 0.15) is 63.3 Å². The molecule has 158 valence electrons. The first-order chi connectivity index (χ1) is 14.1. The van der Waals surface area contributed by atoms with Crippen LogP contribution < -0.4 is 10.9 Å². The predicted octanol–water partition coefficient (Wildman–Crippen LogP) is 2.32. The molecule has 2 N–H and O–H groups in total. The van der Waals surface area contributed by atoms with Crippen LogP contribution in [0.25, 0.3) is 5.57 Å². The van der Waals surface area contributed by atoms with Crippen molar-refractivity contribution in [3.63, 3.8) is 0 Å². The Morgan fingerprint density at radius 2 is 2.10 bits per heavy atom. The summed E-state index contributed by atoms with van der Waals surface area (Å²) in [4.78, 5) is 28.8. The van der Waals surface area contributed by atoms with Crippen molar-refractivity contribution in [3.8, 4) is 0 Å². The molecule has 0 aromatic carbocycles. The van der Waals surface area contributed by atoms with Gasteiger partial charge in [0.1, 0.15) is 0 Å². The molecule has 2 bridgehead atoms. The van der Waals surface area contributed by atoms with Gasteiger partial charge in [0, 0.05) is 42.9 Å². The van der Waals surface area contributed by atoms with Gasteiger partial charge in [0.05, 0.1) is 12.0 Å². The first kappa shape index (κ1) is 20.4. The molecule has 2 aliphatic heterocycles. The van der Waals surface area contributed by atoms with Crippen molar-refractivity contribution >= 4 is 11.5 Å². The Kier molecular flexibility index (Phi) is 5.93. The minimum absolute atomic E-state index is 0.00295. The molecule has 0 spiro atoms. The summed E-state index contributed by atoms with van der Waals surface area (Å²) >= 11 is 0. The standard InChI is InChI=1S/C23H33N3O3/c1-3-12-24-22(28)20-17(14-27)19-13-26-18(21(20)25(19)4-2)11-10-16(23(26)29)15-8-6-5-7-9-15/h8,10-11,17,19-21,27H,3-7,9,12-14H2,1-2H3,(H,24,28)/t17-,19-,20+,21+/m1/s1. The Bertz CT molecular complexity index is 859. The predicted molar refractivity (Wildman–Crippen MR) is 113 cm³/mol. The number of aromatic nitrogens is 1. The largest absolute Gasteiger partial charge is 0.396 e. The molecule has 1 aromatic rings. The summed E-state index contributed by atoms with van der Waals surface area (Å²) in [5, 5.41) is 13.2. The van der Waals surface area contributed by atoms with Gasteiger partial charge < -0.3 is 15.0 Å². The third kappa shape index (κ3) is 3.36. The van der Waals surface area contributed by atoms with E-state index in [0.717, 1.165) is 49.1 Å². The molecule has 3 heterocycles. The Morgan fingerprint density at radius 1 is 1.28 bits per heavy atom. The van der Waals surface area contributed by atoms with E-state index in [9.17, 15) is 14.7 Å². The van der Waals surface area contributed by atoms with E-state index in [1.165, 1.54) is 6.42 Å². The number of carbonyl (C=O) groups excluding carboxylic acids is 1. The van der Waals surface area contributed by atoms with Crippen LogP contribution in [0.3, 0.4) is 0 Å². The fourth-order valence-corrected chi connectivity index (χ4v) is 5.65. The second kappa shape index (κ2) is 8.44.